The second kappa shape index (κ2) is 5.71. The fourth-order valence-corrected chi connectivity index (χ4v) is 2.82. The van der Waals surface area contributed by atoms with Gasteiger partial charge in [0.25, 0.3) is 0 Å². The first-order chi connectivity index (χ1) is 6.75. The van der Waals surface area contributed by atoms with Gasteiger partial charge in [0.05, 0.1) is 0 Å². The summed E-state index contributed by atoms with van der Waals surface area (Å²) in [5.41, 5.74) is 0. The van der Waals surface area contributed by atoms with Crippen molar-refractivity contribution in [1.82, 2.24) is 5.32 Å². The third-order valence-electron chi connectivity index (χ3n) is 3.78. The molecule has 3 fully saturated rings. The highest BCUT2D eigenvalue weighted by Crippen LogP contribution is 2.34. The summed E-state index contributed by atoms with van der Waals surface area (Å²) >= 11 is 0. The quantitative estimate of drug-likeness (QED) is 0.729. The molecule has 0 spiro atoms. The standard InChI is InChI=1S/C11H19NO2.ClH/c13-11(14)10-7-9-3-1-8(2-4-9)5-6-12-10;/h8-10,12H,1-7H2,(H,13,14);1H. The molecule has 0 aromatic rings. The summed E-state index contributed by atoms with van der Waals surface area (Å²) in [4.78, 5) is 10.9. The molecular formula is C11H20ClNO2. The minimum absolute atomic E-state index is 0. The Balaban J connectivity index is 0.00000112. The number of carbonyl (C=O) groups is 1. The maximum Gasteiger partial charge on any atom is 0.320 e. The Labute approximate surface area is 97.0 Å². The van der Waals surface area contributed by atoms with Gasteiger partial charge in [0.15, 0.2) is 0 Å². The van der Waals surface area contributed by atoms with Gasteiger partial charge in [-0.3, -0.25) is 4.79 Å². The van der Waals surface area contributed by atoms with Gasteiger partial charge < -0.3 is 10.4 Å². The molecule has 88 valence electrons. The van der Waals surface area contributed by atoms with E-state index in [1.165, 1.54) is 25.7 Å². The number of carboxylic acids is 1. The van der Waals surface area contributed by atoms with Crippen molar-refractivity contribution >= 4 is 18.4 Å². The van der Waals surface area contributed by atoms with Crippen LogP contribution >= 0.6 is 12.4 Å². The zero-order valence-electron chi connectivity index (χ0n) is 8.95. The fraction of sp³-hybridized carbons (Fsp3) is 0.909. The number of nitrogens with one attached hydrogen (secondary N) is 1. The van der Waals surface area contributed by atoms with E-state index in [1.807, 2.05) is 0 Å². The summed E-state index contributed by atoms with van der Waals surface area (Å²) in [5, 5.41) is 12.2. The van der Waals surface area contributed by atoms with Crippen LogP contribution in [0.1, 0.15) is 38.5 Å². The van der Waals surface area contributed by atoms with Crippen molar-refractivity contribution in [3.63, 3.8) is 0 Å². The van der Waals surface area contributed by atoms with Gasteiger partial charge in [-0.2, -0.15) is 0 Å². The SMILES string of the molecule is Cl.O=C(O)C1CC2CCC(CCN1)CC2. The molecule has 0 aromatic heterocycles. The highest BCUT2D eigenvalue weighted by atomic mass is 35.5. The molecule has 3 nitrogen and oxygen atoms in total. The lowest BCUT2D eigenvalue weighted by molar-refractivity contribution is -0.140. The Bertz CT molecular complexity index is 215. The summed E-state index contributed by atoms with van der Waals surface area (Å²) in [5.74, 6) is 0.833. The third-order valence-corrected chi connectivity index (χ3v) is 3.78. The Kier molecular flexibility index (Phi) is 4.87. The van der Waals surface area contributed by atoms with Gasteiger partial charge in [0, 0.05) is 0 Å². The molecule has 2 aliphatic heterocycles. The zero-order chi connectivity index (χ0) is 9.97. The van der Waals surface area contributed by atoms with Gasteiger partial charge in [-0.15, -0.1) is 12.4 Å². The van der Waals surface area contributed by atoms with Crippen LogP contribution in [0.5, 0.6) is 0 Å². The molecule has 1 unspecified atom stereocenters. The topological polar surface area (TPSA) is 49.3 Å². The van der Waals surface area contributed by atoms with E-state index in [2.05, 4.69) is 5.32 Å². The van der Waals surface area contributed by atoms with E-state index in [4.69, 9.17) is 5.11 Å². The van der Waals surface area contributed by atoms with Crippen LogP contribution in [0.3, 0.4) is 0 Å². The lowest BCUT2D eigenvalue weighted by Gasteiger charge is -2.27. The number of aliphatic carboxylic acids is 1. The Morgan fingerprint density at radius 2 is 1.67 bits per heavy atom. The number of hydrogen-bond donors (Lipinski definition) is 2. The van der Waals surface area contributed by atoms with Crippen LogP contribution in [-0.4, -0.2) is 23.7 Å². The summed E-state index contributed by atoms with van der Waals surface area (Å²) in [6, 6.07) is -0.295. The zero-order valence-corrected chi connectivity index (χ0v) is 9.76. The molecule has 0 radical (unpaired) electrons. The third kappa shape index (κ3) is 3.35. The highest BCUT2D eigenvalue weighted by Gasteiger charge is 2.28. The fourth-order valence-electron chi connectivity index (χ4n) is 2.82. The van der Waals surface area contributed by atoms with Crippen molar-refractivity contribution in [2.24, 2.45) is 11.8 Å². The first-order valence-corrected chi connectivity index (χ1v) is 5.72. The predicted molar refractivity (Wildman–Crippen MR) is 61.4 cm³/mol. The van der Waals surface area contributed by atoms with E-state index in [0.29, 0.717) is 5.92 Å². The molecule has 4 heteroatoms. The predicted octanol–water partition coefficient (Wildman–Crippen LogP) is 2.05. The number of carboxylic acid groups (broad SMARTS) is 1. The molecule has 3 aliphatic rings. The summed E-state index contributed by atoms with van der Waals surface area (Å²) in [7, 11) is 0. The monoisotopic (exact) mass is 233 g/mol. The van der Waals surface area contributed by atoms with Crippen LogP contribution < -0.4 is 5.32 Å². The molecule has 15 heavy (non-hydrogen) atoms. The average Bonchev–Trinajstić information content (AvgIpc) is 2.33. The minimum atomic E-state index is -0.671. The van der Waals surface area contributed by atoms with Gasteiger partial charge in [0.1, 0.15) is 6.04 Å². The van der Waals surface area contributed by atoms with E-state index >= 15 is 0 Å². The number of fused-ring (bicyclic) bond motifs is 6. The maximum absolute atomic E-state index is 10.9. The number of rotatable bonds is 1. The molecule has 1 aliphatic carbocycles. The lowest BCUT2D eigenvalue weighted by Crippen LogP contribution is -2.38. The van der Waals surface area contributed by atoms with Gasteiger partial charge in [0.2, 0.25) is 0 Å². The van der Waals surface area contributed by atoms with Crippen molar-refractivity contribution in [3.8, 4) is 0 Å². The molecule has 2 saturated heterocycles. The number of hydrogen-bond acceptors (Lipinski definition) is 2. The summed E-state index contributed by atoms with van der Waals surface area (Å²) in [6.45, 7) is 0.883. The van der Waals surface area contributed by atoms with Crippen molar-refractivity contribution in [2.75, 3.05) is 6.54 Å². The van der Waals surface area contributed by atoms with Gasteiger partial charge in [-0.05, 0) is 31.2 Å². The Morgan fingerprint density at radius 1 is 1.07 bits per heavy atom. The lowest BCUT2D eigenvalue weighted by atomic mass is 9.79. The minimum Gasteiger partial charge on any atom is -0.480 e. The van der Waals surface area contributed by atoms with Crippen molar-refractivity contribution in [2.45, 2.75) is 44.6 Å². The van der Waals surface area contributed by atoms with Crippen molar-refractivity contribution in [1.29, 1.82) is 0 Å². The molecule has 0 aromatic carbocycles. The molecule has 1 saturated carbocycles. The second-order valence-corrected chi connectivity index (χ2v) is 4.76. The van der Waals surface area contributed by atoms with E-state index < -0.39 is 5.97 Å². The second-order valence-electron chi connectivity index (χ2n) is 4.76. The van der Waals surface area contributed by atoms with E-state index in [-0.39, 0.29) is 18.4 Å². The average molecular weight is 234 g/mol. The molecule has 2 N–H and O–H groups in total. The molecular weight excluding hydrogens is 214 g/mol. The van der Waals surface area contributed by atoms with E-state index in [9.17, 15) is 4.79 Å². The van der Waals surface area contributed by atoms with Gasteiger partial charge in [-0.1, -0.05) is 25.7 Å². The largest absolute Gasteiger partial charge is 0.480 e. The van der Waals surface area contributed by atoms with Crippen molar-refractivity contribution in [3.05, 3.63) is 0 Å². The van der Waals surface area contributed by atoms with Crippen LogP contribution in [0.25, 0.3) is 0 Å². The number of halogens is 1. The van der Waals surface area contributed by atoms with Crippen LogP contribution in [-0.2, 0) is 4.79 Å². The van der Waals surface area contributed by atoms with Crippen LogP contribution in [0.2, 0.25) is 0 Å². The van der Waals surface area contributed by atoms with Crippen molar-refractivity contribution < 1.29 is 9.90 Å². The van der Waals surface area contributed by atoms with Crippen LogP contribution in [0.15, 0.2) is 0 Å². The van der Waals surface area contributed by atoms with Gasteiger partial charge in [-0.25, -0.2) is 0 Å². The first kappa shape index (κ1) is 12.8. The molecule has 1 atom stereocenters. The van der Waals surface area contributed by atoms with E-state index in [1.54, 1.807) is 0 Å². The molecule has 3 rings (SSSR count). The first-order valence-electron chi connectivity index (χ1n) is 5.72. The molecule has 2 heterocycles. The summed E-state index contributed by atoms with van der Waals surface area (Å²) < 4.78 is 0. The van der Waals surface area contributed by atoms with Crippen LogP contribution in [0.4, 0.5) is 0 Å². The maximum atomic E-state index is 10.9. The normalized spacial score (nSPS) is 35.9. The molecule has 0 amide bonds. The smallest absolute Gasteiger partial charge is 0.320 e. The Hall–Kier alpha value is -0.280. The summed E-state index contributed by atoms with van der Waals surface area (Å²) in [6.07, 6.45) is 7.13. The Morgan fingerprint density at radius 3 is 2.27 bits per heavy atom. The van der Waals surface area contributed by atoms with Gasteiger partial charge >= 0.3 is 5.97 Å². The molecule has 2 bridgehead atoms. The highest BCUT2D eigenvalue weighted by molar-refractivity contribution is 5.85. The van der Waals surface area contributed by atoms with Crippen LogP contribution in [0, 0.1) is 11.8 Å². The van der Waals surface area contributed by atoms with E-state index in [0.717, 1.165) is 25.3 Å².